The Morgan fingerprint density at radius 1 is 1.47 bits per heavy atom. The number of nitrogens with one attached hydrogen (secondary N) is 1. The topological polar surface area (TPSA) is 79.1 Å². The van der Waals surface area contributed by atoms with Crippen LogP contribution in [0.1, 0.15) is 0 Å². The maximum Gasteiger partial charge on any atom is 0.343 e. The molecule has 1 unspecified atom stereocenters. The van der Waals surface area contributed by atoms with Gasteiger partial charge in [0.05, 0.1) is 5.29 Å². The van der Waals surface area contributed by atoms with E-state index < -0.39 is 12.0 Å². The number of nitrogens with zero attached hydrogens (tertiary/aromatic N) is 1. The van der Waals surface area contributed by atoms with Crippen LogP contribution in [-0.2, 0) is 14.0 Å². The maximum atomic E-state index is 11.3. The molecule has 1 amide bonds. The van der Waals surface area contributed by atoms with Crippen LogP contribution in [0, 0.1) is 4.91 Å². The first-order chi connectivity index (χ1) is 8.21. The van der Waals surface area contributed by atoms with Crippen molar-refractivity contribution in [3.05, 3.63) is 40.9 Å². The zero-order valence-corrected chi connectivity index (χ0v) is 9.54. The van der Waals surface area contributed by atoms with E-state index in [9.17, 15) is 9.70 Å². The molecule has 0 heterocycles. The molecule has 6 heteroatoms. The Bertz CT molecular complexity index is 403. The van der Waals surface area contributed by atoms with Gasteiger partial charge in [0.15, 0.2) is 6.10 Å². The van der Waals surface area contributed by atoms with E-state index >= 15 is 0 Å². The maximum absolute atomic E-state index is 11.3. The molecule has 0 spiro atoms. The summed E-state index contributed by atoms with van der Waals surface area (Å²) in [6.07, 6.45) is 7.77. The summed E-state index contributed by atoms with van der Waals surface area (Å²) in [5.41, 5.74) is 2.57. The molecule has 1 rings (SSSR count). The van der Waals surface area contributed by atoms with Crippen LogP contribution in [0.2, 0.25) is 0 Å². The molecule has 0 bridgehead atoms. The predicted octanol–water partition coefficient (Wildman–Crippen LogP) is 0.586. The highest BCUT2D eigenvalue weighted by Crippen LogP contribution is 2.09. The number of hydrogen-bond donors (Lipinski definition) is 1. The van der Waals surface area contributed by atoms with Crippen LogP contribution in [0.4, 0.5) is 0 Å². The Labute approximate surface area is 98.3 Å². The molecule has 0 saturated heterocycles. The fraction of sp³-hybridized carbons (Fsp3) is 0.273. The number of ketones is 1. The lowest BCUT2D eigenvalue weighted by Crippen LogP contribution is -2.31. The molecule has 1 atom stereocenters. The van der Waals surface area contributed by atoms with Crippen molar-refractivity contribution in [2.24, 2.45) is 5.29 Å². The summed E-state index contributed by atoms with van der Waals surface area (Å²) < 4.78 is 9.93. The van der Waals surface area contributed by atoms with Crippen LogP contribution in [0.3, 0.4) is 0 Å². The largest absolute Gasteiger partial charge is 0.367 e. The first-order valence-corrected chi connectivity index (χ1v) is 4.85. The minimum absolute atomic E-state index is 0.613. The number of allylic oxidation sites excluding steroid dienone is 5. The second-order valence-corrected chi connectivity index (χ2v) is 3.16. The summed E-state index contributed by atoms with van der Waals surface area (Å²) in [6, 6.07) is 0. The average molecular weight is 237 g/mol. The number of carbonyl (C=O) groups excluding carboxylic acids is 2. The third-order valence-corrected chi connectivity index (χ3v) is 2.13. The number of rotatable bonds is 4. The van der Waals surface area contributed by atoms with Gasteiger partial charge in [-0.05, 0) is 23.8 Å². The van der Waals surface area contributed by atoms with Gasteiger partial charge in [-0.15, -0.1) is 4.91 Å². The Hall–Kier alpha value is -2.08. The van der Waals surface area contributed by atoms with Crippen molar-refractivity contribution < 1.29 is 14.0 Å². The Kier molecular flexibility index (Phi) is 4.96. The number of methoxy groups -OCH3 is 1. The van der Waals surface area contributed by atoms with Crippen molar-refractivity contribution in [2.45, 2.75) is 6.10 Å². The van der Waals surface area contributed by atoms with Gasteiger partial charge < -0.3 is 4.74 Å². The Morgan fingerprint density at radius 2 is 2.12 bits per heavy atom. The van der Waals surface area contributed by atoms with Gasteiger partial charge in [-0.3, -0.25) is 9.22 Å². The van der Waals surface area contributed by atoms with E-state index in [0.29, 0.717) is 0 Å². The van der Waals surface area contributed by atoms with E-state index in [1.807, 2.05) is 0 Å². The lowest BCUT2D eigenvalue weighted by molar-refractivity contribution is -0.417. The van der Waals surface area contributed by atoms with Crippen LogP contribution in [-0.4, -0.2) is 32.0 Å². The quantitative estimate of drug-likeness (QED) is 0.441. The molecular weight excluding hydrogens is 224 g/mol. The van der Waals surface area contributed by atoms with Crippen LogP contribution in [0.15, 0.2) is 41.2 Å². The van der Waals surface area contributed by atoms with Crippen molar-refractivity contribution in [2.75, 3.05) is 14.2 Å². The zero-order valence-electron chi connectivity index (χ0n) is 9.54. The van der Waals surface area contributed by atoms with Gasteiger partial charge in [0.2, 0.25) is 0 Å². The molecule has 1 aliphatic rings. The van der Waals surface area contributed by atoms with E-state index in [4.69, 9.17) is 9.16 Å². The first kappa shape index (κ1) is 13.0. The first-order valence-electron chi connectivity index (χ1n) is 4.85. The van der Waals surface area contributed by atoms with Crippen LogP contribution in [0.5, 0.6) is 0 Å². The van der Waals surface area contributed by atoms with Gasteiger partial charge in [0.25, 0.3) is 13.0 Å². The fourth-order valence-electron chi connectivity index (χ4n) is 1.25. The van der Waals surface area contributed by atoms with Crippen molar-refractivity contribution in [1.29, 1.82) is 0 Å². The minimum atomic E-state index is -0.860. The van der Waals surface area contributed by atoms with Gasteiger partial charge >= 0.3 is 5.78 Å². The molecule has 0 saturated carbocycles. The molecule has 1 aliphatic carbocycles. The second-order valence-electron chi connectivity index (χ2n) is 3.16. The van der Waals surface area contributed by atoms with Gasteiger partial charge in [-0.2, -0.15) is 0 Å². The van der Waals surface area contributed by atoms with E-state index in [1.165, 1.54) is 7.11 Å². The van der Waals surface area contributed by atoms with Gasteiger partial charge in [0, 0.05) is 19.3 Å². The summed E-state index contributed by atoms with van der Waals surface area (Å²) >= 11 is 0. The third-order valence-electron chi connectivity index (χ3n) is 2.13. The van der Waals surface area contributed by atoms with Crippen molar-refractivity contribution in [3.8, 4) is 0 Å². The van der Waals surface area contributed by atoms with Gasteiger partial charge in [0.1, 0.15) is 0 Å². The number of amides is 1. The molecule has 0 aromatic heterocycles. The highest BCUT2D eigenvalue weighted by Gasteiger charge is 2.16. The summed E-state index contributed by atoms with van der Waals surface area (Å²) in [5.74, 6) is 0.105. The SMILES string of the molecule is COC(C=C1C=CC(=[O+]C)C=C1)C(=O)NN=O. The second kappa shape index (κ2) is 6.49. The molecular formula is C11H13N2O4+. The van der Waals surface area contributed by atoms with Crippen LogP contribution >= 0.6 is 0 Å². The van der Waals surface area contributed by atoms with Gasteiger partial charge in [-0.1, -0.05) is 0 Å². The fourth-order valence-corrected chi connectivity index (χ4v) is 1.25. The van der Waals surface area contributed by atoms with E-state index in [0.717, 1.165) is 11.4 Å². The smallest absolute Gasteiger partial charge is 0.343 e. The summed E-state index contributed by atoms with van der Waals surface area (Å²) in [6.45, 7) is 0. The molecule has 1 N–H and O–H groups in total. The van der Waals surface area contributed by atoms with E-state index in [2.05, 4.69) is 5.29 Å². The number of hydrogen-bond acceptors (Lipinski definition) is 4. The van der Waals surface area contributed by atoms with Crippen molar-refractivity contribution >= 4 is 11.7 Å². The monoisotopic (exact) mass is 237 g/mol. The van der Waals surface area contributed by atoms with Crippen LogP contribution < -0.4 is 5.43 Å². The van der Waals surface area contributed by atoms with Gasteiger partial charge in [-0.25, -0.2) is 5.43 Å². The zero-order chi connectivity index (χ0) is 12.7. The Balaban J connectivity index is 2.78. The Morgan fingerprint density at radius 3 is 2.59 bits per heavy atom. The summed E-state index contributed by atoms with van der Waals surface area (Å²) in [4.78, 5) is 21.2. The lowest BCUT2D eigenvalue weighted by atomic mass is 10.1. The van der Waals surface area contributed by atoms with Crippen molar-refractivity contribution in [3.63, 3.8) is 0 Å². The molecule has 0 fully saturated rings. The molecule has 0 aromatic rings. The normalized spacial score (nSPS) is 15.4. The molecule has 6 nitrogen and oxygen atoms in total. The van der Waals surface area contributed by atoms with E-state index in [-0.39, 0.29) is 0 Å². The predicted molar refractivity (Wildman–Crippen MR) is 62.0 cm³/mol. The average Bonchev–Trinajstić information content (AvgIpc) is 2.37. The minimum Gasteiger partial charge on any atom is -0.367 e. The lowest BCUT2D eigenvalue weighted by Gasteiger charge is -2.08. The number of ether oxygens (including phenoxy) is 1. The highest BCUT2D eigenvalue weighted by atomic mass is 16.5. The summed E-state index contributed by atoms with van der Waals surface area (Å²) in [7, 11) is 2.94. The standard InChI is InChI=1S/C11H12N2O4/c1-16-9-5-3-8(4-6-9)7-10(17-2)11(14)12-13-15/h3-7,10H,1-2H3/p+1. The van der Waals surface area contributed by atoms with Crippen LogP contribution in [0.25, 0.3) is 0 Å². The molecule has 90 valence electrons. The molecule has 0 aliphatic heterocycles. The molecule has 0 aromatic carbocycles. The highest BCUT2D eigenvalue weighted by molar-refractivity contribution is 6.01. The van der Waals surface area contributed by atoms with Crippen molar-refractivity contribution in [1.82, 2.24) is 5.43 Å². The van der Waals surface area contributed by atoms with E-state index in [1.54, 1.807) is 42.9 Å². The molecule has 17 heavy (non-hydrogen) atoms. The molecule has 0 radical (unpaired) electrons. The third kappa shape index (κ3) is 3.76. The summed E-state index contributed by atoms with van der Waals surface area (Å²) in [5, 5.41) is 2.30. The number of carbonyl (C=O) groups is 1. The number of nitroso groups, excluding NO2 is 1.